The van der Waals surface area contributed by atoms with E-state index in [9.17, 15) is 4.79 Å². The molecule has 7 nitrogen and oxygen atoms in total. The largest absolute Gasteiger partial charge is 0.496 e. The van der Waals surface area contributed by atoms with Gasteiger partial charge in [0.25, 0.3) is 0 Å². The van der Waals surface area contributed by atoms with Gasteiger partial charge in [0.2, 0.25) is 5.88 Å². The van der Waals surface area contributed by atoms with E-state index in [2.05, 4.69) is 41.2 Å². The fraction of sp³-hybridized carbons (Fsp3) is 0.600. The summed E-state index contributed by atoms with van der Waals surface area (Å²) < 4.78 is 17.9. The maximum atomic E-state index is 13.1. The molecule has 7 heteroatoms. The quantitative estimate of drug-likeness (QED) is 0.554. The molecule has 3 aliphatic heterocycles. The fourth-order valence-corrected chi connectivity index (χ4v) is 6.10. The number of fused-ring (bicyclic) bond motifs is 4. The summed E-state index contributed by atoms with van der Waals surface area (Å²) in [5.74, 6) is 1.83. The number of nitrogens with zero attached hydrogens (tertiary/aromatic N) is 2. The number of aromatic nitrogens is 1. The van der Waals surface area contributed by atoms with Crippen molar-refractivity contribution in [3.8, 4) is 22.8 Å². The number of alkyl carbamates (subject to hydrolysis) is 1. The fourth-order valence-electron chi connectivity index (χ4n) is 6.10. The highest BCUT2D eigenvalue weighted by Crippen LogP contribution is 2.47. The zero-order valence-corrected chi connectivity index (χ0v) is 23.1. The van der Waals surface area contributed by atoms with E-state index in [0.717, 1.165) is 67.8 Å². The Hall–Kier alpha value is -2.80. The third kappa shape index (κ3) is 5.57. The minimum atomic E-state index is -0.334. The molecule has 0 radical (unpaired) electrons. The Morgan fingerprint density at radius 1 is 1.16 bits per heavy atom. The maximum Gasteiger partial charge on any atom is 0.407 e. The average Bonchev–Trinajstić information content (AvgIpc) is 2.85. The molecule has 4 aliphatic rings. The highest BCUT2D eigenvalue weighted by molar-refractivity contribution is 5.74. The van der Waals surface area contributed by atoms with E-state index in [1.807, 2.05) is 32.9 Å². The van der Waals surface area contributed by atoms with Crippen LogP contribution in [0.5, 0.6) is 11.6 Å². The molecule has 2 aromatic rings. The summed E-state index contributed by atoms with van der Waals surface area (Å²) in [6.45, 7) is 13.6. The van der Waals surface area contributed by atoms with Gasteiger partial charge in [0.1, 0.15) is 17.5 Å². The highest BCUT2D eigenvalue weighted by Gasteiger charge is 2.40. The van der Waals surface area contributed by atoms with Gasteiger partial charge in [-0.1, -0.05) is 13.8 Å². The molecule has 3 fully saturated rings. The Kier molecular flexibility index (Phi) is 6.86. The second-order valence-corrected chi connectivity index (χ2v) is 12.5. The molecule has 2 atom stereocenters. The highest BCUT2D eigenvalue weighted by atomic mass is 16.6. The van der Waals surface area contributed by atoms with E-state index < -0.39 is 0 Å². The first-order chi connectivity index (χ1) is 17.5. The molecule has 1 amide bonds. The number of hydrogen-bond acceptors (Lipinski definition) is 6. The molecule has 1 N–H and O–H groups in total. The maximum absolute atomic E-state index is 13.1. The van der Waals surface area contributed by atoms with Crippen LogP contribution in [-0.2, 0) is 11.2 Å². The molecule has 0 spiro atoms. The lowest BCUT2D eigenvalue weighted by atomic mass is 9.70. The number of pyridine rings is 1. The molecular formula is C30H41N3O4. The van der Waals surface area contributed by atoms with Crippen LogP contribution < -0.4 is 14.8 Å². The number of benzene rings is 1. The van der Waals surface area contributed by atoms with E-state index in [-0.39, 0.29) is 29.3 Å². The van der Waals surface area contributed by atoms with Crippen molar-refractivity contribution in [3.05, 3.63) is 41.6 Å². The number of aryl methyl sites for hydroxylation is 1. The van der Waals surface area contributed by atoms with Gasteiger partial charge in [0.05, 0.1) is 13.2 Å². The SMILES string of the molecule is COc1cc2c(cc1-c1ccnc(OC(C)(C)C)c1)CCC(C)(C)C2NC(=O)O[C@H]1CN2CCC1CC2. The van der Waals surface area contributed by atoms with Gasteiger partial charge < -0.3 is 19.5 Å². The normalized spacial score (nSPS) is 26.2. The number of amides is 1. The van der Waals surface area contributed by atoms with Crippen molar-refractivity contribution < 1.29 is 19.0 Å². The summed E-state index contributed by atoms with van der Waals surface area (Å²) in [7, 11) is 1.69. The molecule has 0 saturated carbocycles. The van der Waals surface area contributed by atoms with Crippen LogP contribution >= 0.6 is 0 Å². The minimum Gasteiger partial charge on any atom is -0.496 e. The summed E-state index contributed by atoms with van der Waals surface area (Å²) in [5, 5.41) is 3.25. The molecule has 1 aliphatic carbocycles. The van der Waals surface area contributed by atoms with Gasteiger partial charge in [-0.2, -0.15) is 0 Å². The number of carbonyl (C=O) groups is 1. The summed E-state index contributed by atoms with van der Waals surface area (Å²) in [5.41, 5.74) is 3.86. The van der Waals surface area contributed by atoms with Crippen molar-refractivity contribution in [2.24, 2.45) is 11.3 Å². The van der Waals surface area contributed by atoms with E-state index in [1.54, 1.807) is 13.3 Å². The molecule has 6 rings (SSSR count). The van der Waals surface area contributed by atoms with Crippen LogP contribution in [-0.4, -0.2) is 54.4 Å². The lowest BCUT2D eigenvalue weighted by Crippen LogP contribution is -2.53. The molecule has 3 saturated heterocycles. The van der Waals surface area contributed by atoms with E-state index in [4.69, 9.17) is 14.2 Å². The van der Waals surface area contributed by atoms with E-state index in [1.165, 1.54) is 5.56 Å². The molecule has 2 bridgehead atoms. The smallest absolute Gasteiger partial charge is 0.407 e. The molecule has 37 heavy (non-hydrogen) atoms. The Labute approximate surface area is 220 Å². The Morgan fingerprint density at radius 3 is 2.57 bits per heavy atom. The first-order valence-corrected chi connectivity index (χ1v) is 13.6. The number of piperidine rings is 3. The van der Waals surface area contributed by atoms with Crippen molar-refractivity contribution in [2.75, 3.05) is 26.7 Å². The topological polar surface area (TPSA) is 72.9 Å². The lowest BCUT2D eigenvalue weighted by molar-refractivity contribution is -0.0353. The Bertz CT molecular complexity index is 1150. The summed E-state index contributed by atoms with van der Waals surface area (Å²) >= 11 is 0. The van der Waals surface area contributed by atoms with Crippen LogP contribution in [0, 0.1) is 11.3 Å². The number of hydrogen-bond donors (Lipinski definition) is 1. The standard InChI is InChI=1S/C30H41N3O4/c1-29(2,3)37-26-16-21(8-12-31-26)22-15-20-7-11-30(4,5)27(23(20)17-24(22)35-6)32-28(34)36-25-18-33-13-9-19(25)10-14-33/h8,12,15-17,19,25,27H,7,9-11,13-14,18H2,1-6H3,(H,32,34)/t25-,27?/m0/s1. The molecule has 4 heterocycles. The number of rotatable bonds is 5. The third-order valence-corrected chi connectivity index (χ3v) is 8.17. The second kappa shape index (κ2) is 9.82. The van der Waals surface area contributed by atoms with Crippen molar-refractivity contribution in [3.63, 3.8) is 0 Å². The van der Waals surface area contributed by atoms with Crippen LogP contribution in [0.1, 0.15) is 71.0 Å². The van der Waals surface area contributed by atoms with Gasteiger partial charge in [-0.25, -0.2) is 9.78 Å². The Balaban J connectivity index is 1.41. The summed E-state index contributed by atoms with van der Waals surface area (Å²) in [6, 6.07) is 8.07. The summed E-state index contributed by atoms with van der Waals surface area (Å²) in [4.78, 5) is 19.9. The number of methoxy groups -OCH3 is 1. The first-order valence-electron chi connectivity index (χ1n) is 13.6. The van der Waals surface area contributed by atoms with Crippen molar-refractivity contribution >= 4 is 6.09 Å². The van der Waals surface area contributed by atoms with Crippen LogP contribution in [0.25, 0.3) is 11.1 Å². The third-order valence-electron chi connectivity index (χ3n) is 8.17. The van der Waals surface area contributed by atoms with E-state index in [0.29, 0.717) is 11.8 Å². The molecule has 1 aromatic heterocycles. The molecular weight excluding hydrogens is 466 g/mol. The number of ether oxygens (including phenoxy) is 3. The van der Waals surface area contributed by atoms with Crippen molar-refractivity contribution in [1.29, 1.82) is 0 Å². The van der Waals surface area contributed by atoms with Gasteiger partial charge in [0, 0.05) is 24.4 Å². The van der Waals surface area contributed by atoms with Crippen molar-refractivity contribution in [1.82, 2.24) is 15.2 Å². The lowest BCUT2D eigenvalue weighted by Gasteiger charge is -2.44. The Morgan fingerprint density at radius 2 is 1.92 bits per heavy atom. The van der Waals surface area contributed by atoms with Crippen LogP contribution in [0.3, 0.4) is 0 Å². The van der Waals surface area contributed by atoms with Crippen molar-refractivity contribution in [2.45, 2.75) is 78.0 Å². The summed E-state index contributed by atoms with van der Waals surface area (Å²) in [6.07, 6.45) is 5.58. The van der Waals surface area contributed by atoms with Gasteiger partial charge in [-0.15, -0.1) is 0 Å². The molecule has 1 unspecified atom stereocenters. The first kappa shape index (κ1) is 25.8. The van der Waals surface area contributed by atoms with Gasteiger partial charge in [-0.05, 0) is 106 Å². The molecule has 200 valence electrons. The van der Waals surface area contributed by atoms with Gasteiger partial charge in [-0.3, -0.25) is 4.90 Å². The van der Waals surface area contributed by atoms with E-state index >= 15 is 0 Å². The monoisotopic (exact) mass is 507 g/mol. The molecule has 1 aromatic carbocycles. The predicted octanol–water partition coefficient (Wildman–Crippen LogP) is 5.77. The zero-order valence-electron chi connectivity index (χ0n) is 23.1. The number of carbonyl (C=O) groups excluding carboxylic acids is 1. The second-order valence-electron chi connectivity index (χ2n) is 12.5. The van der Waals surface area contributed by atoms with Crippen LogP contribution in [0.4, 0.5) is 4.79 Å². The average molecular weight is 508 g/mol. The van der Waals surface area contributed by atoms with Gasteiger partial charge >= 0.3 is 6.09 Å². The minimum absolute atomic E-state index is 0.0122. The zero-order chi connectivity index (χ0) is 26.4. The number of nitrogens with one attached hydrogen (secondary N) is 1. The predicted molar refractivity (Wildman–Crippen MR) is 144 cm³/mol. The van der Waals surface area contributed by atoms with Crippen LogP contribution in [0.15, 0.2) is 30.5 Å². The van der Waals surface area contributed by atoms with Crippen LogP contribution in [0.2, 0.25) is 0 Å². The van der Waals surface area contributed by atoms with Gasteiger partial charge in [0.15, 0.2) is 0 Å².